The van der Waals surface area contributed by atoms with Crippen LogP contribution >= 0.6 is 0 Å². The van der Waals surface area contributed by atoms with E-state index < -0.39 is 0 Å². The minimum atomic E-state index is -0.160. The molecular formula is C15H20N2O2. The zero-order chi connectivity index (χ0) is 14.3. The van der Waals surface area contributed by atoms with E-state index in [1.807, 2.05) is 12.2 Å². The van der Waals surface area contributed by atoms with Crippen LogP contribution in [0, 0.1) is 0 Å². The molecule has 1 aromatic carbocycles. The summed E-state index contributed by atoms with van der Waals surface area (Å²) in [7, 11) is 0. The smallest absolute Gasteiger partial charge is 0.221 e. The molecule has 0 saturated carbocycles. The predicted molar refractivity (Wildman–Crippen MR) is 78.1 cm³/mol. The summed E-state index contributed by atoms with van der Waals surface area (Å²) in [6, 6.07) is 5.13. The Bertz CT molecular complexity index is 459. The Hall–Kier alpha value is -2.07. The van der Waals surface area contributed by atoms with E-state index in [0.29, 0.717) is 12.2 Å². The molecule has 0 bridgehead atoms. The summed E-state index contributed by atoms with van der Waals surface area (Å²) in [5, 5.41) is 12.6. The fraction of sp³-hybridized carbons (Fsp3) is 0.267. The standard InChI is InChI=1S/C15H20N2O2/c1-4-8-17(9-5-2)11-13-6-7-14(10-15(13)19)16-12(3)18/h4-7,10,19H,1-2,8-9,11H2,3H3,(H,16,18). The Kier molecular flexibility index (Phi) is 5.82. The first-order valence-electron chi connectivity index (χ1n) is 6.10. The molecule has 0 atom stereocenters. The van der Waals surface area contributed by atoms with Crippen molar-refractivity contribution in [3.63, 3.8) is 0 Å². The number of hydrogen-bond donors (Lipinski definition) is 2. The van der Waals surface area contributed by atoms with Crippen molar-refractivity contribution in [3.05, 3.63) is 49.1 Å². The lowest BCUT2D eigenvalue weighted by Crippen LogP contribution is -2.23. The van der Waals surface area contributed by atoms with Crippen LogP contribution in [0.1, 0.15) is 12.5 Å². The Labute approximate surface area is 114 Å². The van der Waals surface area contributed by atoms with Gasteiger partial charge in [0.05, 0.1) is 0 Å². The van der Waals surface area contributed by atoms with Crippen molar-refractivity contribution in [1.29, 1.82) is 0 Å². The molecule has 0 aromatic heterocycles. The second kappa shape index (κ2) is 7.38. The van der Waals surface area contributed by atoms with Crippen molar-refractivity contribution >= 4 is 11.6 Å². The van der Waals surface area contributed by atoms with Crippen molar-refractivity contribution in [1.82, 2.24) is 4.90 Å². The van der Waals surface area contributed by atoms with Crippen LogP contribution in [0.25, 0.3) is 0 Å². The van der Waals surface area contributed by atoms with Crippen LogP contribution in [0.4, 0.5) is 5.69 Å². The van der Waals surface area contributed by atoms with E-state index in [1.54, 1.807) is 18.2 Å². The van der Waals surface area contributed by atoms with Gasteiger partial charge in [-0.15, -0.1) is 13.2 Å². The van der Waals surface area contributed by atoms with E-state index in [1.165, 1.54) is 6.92 Å². The van der Waals surface area contributed by atoms with E-state index in [9.17, 15) is 9.90 Å². The minimum absolute atomic E-state index is 0.160. The molecule has 0 radical (unpaired) electrons. The molecule has 0 heterocycles. The molecule has 102 valence electrons. The van der Waals surface area contributed by atoms with Gasteiger partial charge in [-0.05, 0) is 6.07 Å². The lowest BCUT2D eigenvalue weighted by molar-refractivity contribution is -0.114. The first kappa shape index (κ1) is 15.0. The summed E-state index contributed by atoms with van der Waals surface area (Å²) >= 11 is 0. The van der Waals surface area contributed by atoms with Crippen molar-refractivity contribution < 1.29 is 9.90 Å². The number of nitrogens with zero attached hydrogens (tertiary/aromatic N) is 1. The zero-order valence-electron chi connectivity index (χ0n) is 11.2. The minimum Gasteiger partial charge on any atom is -0.508 e. The number of carbonyl (C=O) groups is 1. The van der Waals surface area contributed by atoms with E-state index in [2.05, 4.69) is 23.4 Å². The van der Waals surface area contributed by atoms with E-state index in [0.717, 1.165) is 18.7 Å². The second-order valence-electron chi connectivity index (χ2n) is 4.30. The molecule has 0 aliphatic carbocycles. The molecule has 0 aliphatic rings. The van der Waals surface area contributed by atoms with Crippen LogP contribution in [0.2, 0.25) is 0 Å². The van der Waals surface area contributed by atoms with Gasteiger partial charge < -0.3 is 10.4 Å². The molecule has 19 heavy (non-hydrogen) atoms. The molecule has 1 amide bonds. The first-order valence-corrected chi connectivity index (χ1v) is 6.10. The fourth-order valence-corrected chi connectivity index (χ4v) is 1.79. The van der Waals surface area contributed by atoms with Gasteiger partial charge in [0.2, 0.25) is 5.91 Å². The van der Waals surface area contributed by atoms with Gasteiger partial charge in [0.1, 0.15) is 5.75 Å². The van der Waals surface area contributed by atoms with Gasteiger partial charge in [-0.3, -0.25) is 9.69 Å². The lowest BCUT2D eigenvalue weighted by Gasteiger charge is -2.19. The Balaban J connectivity index is 2.80. The number of benzene rings is 1. The number of hydrogen-bond acceptors (Lipinski definition) is 3. The average Bonchev–Trinajstić information content (AvgIpc) is 2.32. The van der Waals surface area contributed by atoms with Crippen LogP contribution in [0.3, 0.4) is 0 Å². The van der Waals surface area contributed by atoms with E-state index in [4.69, 9.17) is 0 Å². The van der Waals surface area contributed by atoms with Crippen LogP contribution in [-0.4, -0.2) is 29.0 Å². The van der Waals surface area contributed by atoms with Gasteiger partial charge in [0.15, 0.2) is 0 Å². The monoisotopic (exact) mass is 260 g/mol. The number of phenols is 1. The predicted octanol–water partition coefficient (Wildman–Crippen LogP) is 2.52. The van der Waals surface area contributed by atoms with E-state index in [-0.39, 0.29) is 11.7 Å². The van der Waals surface area contributed by atoms with Crippen LogP contribution < -0.4 is 5.32 Å². The third kappa shape index (κ3) is 4.97. The number of amides is 1. The van der Waals surface area contributed by atoms with Gasteiger partial charge in [-0.25, -0.2) is 0 Å². The maximum atomic E-state index is 10.9. The summed E-state index contributed by atoms with van der Waals surface area (Å²) in [5.41, 5.74) is 1.39. The molecule has 0 spiro atoms. The van der Waals surface area contributed by atoms with Crippen LogP contribution in [-0.2, 0) is 11.3 Å². The van der Waals surface area contributed by atoms with Crippen molar-refractivity contribution in [2.45, 2.75) is 13.5 Å². The highest BCUT2D eigenvalue weighted by Gasteiger charge is 2.08. The van der Waals surface area contributed by atoms with E-state index >= 15 is 0 Å². The third-order valence-electron chi connectivity index (χ3n) is 2.57. The highest BCUT2D eigenvalue weighted by atomic mass is 16.3. The van der Waals surface area contributed by atoms with Gasteiger partial charge in [-0.2, -0.15) is 0 Å². The summed E-state index contributed by atoms with van der Waals surface area (Å²) in [4.78, 5) is 13.0. The average molecular weight is 260 g/mol. The summed E-state index contributed by atoms with van der Waals surface area (Å²) in [5.74, 6) is 0.0106. The molecular weight excluding hydrogens is 240 g/mol. The summed E-state index contributed by atoms with van der Waals surface area (Å²) in [6.45, 7) is 10.9. The SMILES string of the molecule is C=CCN(CC=C)Cc1ccc(NC(C)=O)cc1O. The Morgan fingerprint density at radius 3 is 2.47 bits per heavy atom. The van der Waals surface area contributed by atoms with Crippen molar-refractivity contribution in [2.24, 2.45) is 0 Å². The number of aromatic hydroxyl groups is 1. The number of carbonyl (C=O) groups excluding carboxylic acids is 1. The number of anilines is 1. The van der Waals surface area contributed by atoms with Gasteiger partial charge >= 0.3 is 0 Å². The largest absolute Gasteiger partial charge is 0.508 e. The van der Waals surface area contributed by atoms with Crippen LogP contribution in [0.15, 0.2) is 43.5 Å². The van der Waals surface area contributed by atoms with Gasteiger partial charge in [-0.1, -0.05) is 18.2 Å². The number of phenolic OH excluding ortho intramolecular Hbond substituents is 1. The molecule has 0 unspecified atom stereocenters. The molecule has 4 nitrogen and oxygen atoms in total. The molecule has 1 aromatic rings. The molecule has 0 aliphatic heterocycles. The second-order valence-corrected chi connectivity index (χ2v) is 4.30. The normalized spacial score (nSPS) is 10.2. The molecule has 1 rings (SSSR count). The van der Waals surface area contributed by atoms with Gasteiger partial charge in [0, 0.05) is 43.9 Å². The number of nitrogens with one attached hydrogen (secondary N) is 1. The Morgan fingerprint density at radius 1 is 1.37 bits per heavy atom. The summed E-state index contributed by atoms with van der Waals surface area (Å²) < 4.78 is 0. The topological polar surface area (TPSA) is 52.6 Å². The lowest BCUT2D eigenvalue weighted by atomic mass is 10.1. The molecule has 0 fully saturated rings. The quantitative estimate of drug-likeness (QED) is 0.741. The van der Waals surface area contributed by atoms with Gasteiger partial charge in [0.25, 0.3) is 0 Å². The maximum absolute atomic E-state index is 10.9. The maximum Gasteiger partial charge on any atom is 0.221 e. The first-order chi connectivity index (χ1) is 9.06. The molecule has 0 saturated heterocycles. The van der Waals surface area contributed by atoms with Crippen LogP contribution in [0.5, 0.6) is 5.75 Å². The fourth-order valence-electron chi connectivity index (χ4n) is 1.79. The highest BCUT2D eigenvalue weighted by Crippen LogP contribution is 2.23. The van der Waals surface area contributed by atoms with Crippen molar-refractivity contribution in [3.8, 4) is 5.75 Å². The zero-order valence-corrected chi connectivity index (χ0v) is 11.2. The van der Waals surface area contributed by atoms with Crippen molar-refractivity contribution in [2.75, 3.05) is 18.4 Å². The summed E-state index contributed by atoms with van der Waals surface area (Å²) in [6.07, 6.45) is 3.62. The number of rotatable bonds is 7. The Morgan fingerprint density at radius 2 is 2.00 bits per heavy atom. The highest BCUT2D eigenvalue weighted by molar-refractivity contribution is 5.88. The third-order valence-corrected chi connectivity index (χ3v) is 2.57. The molecule has 2 N–H and O–H groups in total. The molecule has 4 heteroatoms.